The van der Waals surface area contributed by atoms with Crippen molar-refractivity contribution in [3.63, 3.8) is 0 Å². The van der Waals surface area contributed by atoms with Crippen molar-refractivity contribution >= 4 is 11.2 Å². The molecular formula is C22H31N5O7. The van der Waals surface area contributed by atoms with Gasteiger partial charge in [0.2, 0.25) is 0 Å². The Morgan fingerprint density at radius 1 is 0.912 bits per heavy atom. The van der Waals surface area contributed by atoms with Crippen LogP contribution in [-0.4, -0.2) is 84.6 Å². The molecule has 6 rings (SSSR count). The van der Waals surface area contributed by atoms with Crippen molar-refractivity contribution in [2.24, 2.45) is 5.92 Å². The van der Waals surface area contributed by atoms with Crippen LogP contribution in [0.2, 0.25) is 0 Å². The van der Waals surface area contributed by atoms with Gasteiger partial charge in [0.25, 0.3) is 0 Å². The van der Waals surface area contributed by atoms with Gasteiger partial charge in [-0.3, -0.25) is 9.98 Å². The van der Waals surface area contributed by atoms with Gasteiger partial charge in [-0.15, -0.1) is 0 Å². The molecule has 0 bridgehead atoms. The normalized spacial score (nSPS) is 40.2. The molecular weight excluding hydrogens is 446 g/mol. The van der Waals surface area contributed by atoms with Crippen LogP contribution in [-0.2, 0) is 23.7 Å². The summed E-state index contributed by atoms with van der Waals surface area (Å²) in [7, 11) is 0. The Balaban J connectivity index is 1.35. The Morgan fingerprint density at radius 3 is 2.26 bits per heavy atom. The van der Waals surface area contributed by atoms with Crippen LogP contribution >= 0.6 is 0 Å². The van der Waals surface area contributed by atoms with E-state index in [1.807, 2.05) is 27.7 Å². The summed E-state index contributed by atoms with van der Waals surface area (Å²) in [4.78, 5) is 9.12. The predicted molar refractivity (Wildman–Crippen MR) is 114 cm³/mol. The van der Waals surface area contributed by atoms with Crippen molar-refractivity contribution < 1.29 is 33.9 Å². The molecule has 2 aromatic rings. The fourth-order valence-corrected chi connectivity index (χ4v) is 5.92. The number of aliphatic hydroxyl groups excluding tert-OH is 2. The first-order chi connectivity index (χ1) is 16.1. The van der Waals surface area contributed by atoms with Crippen molar-refractivity contribution in [2.75, 3.05) is 13.2 Å². The number of nitrogens with zero attached hydrogens (tertiary/aromatic N) is 4. The highest BCUT2D eigenvalue weighted by Gasteiger charge is 2.56. The maximum absolute atomic E-state index is 9.89. The summed E-state index contributed by atoms with van der Waals surface area (Å²) in [6, 6.07) is -0.211. The molecule has 3 aliphatic heterocycles. The van der Waals surface area contributed by atoms with Gasteiger partial charge in [-0.1, -0.05) is 0 Å². The van der Waals surface area contributed by atoms with E-state index in [0.29, 0.717) is 17.6 Å². The van der Waals surface area contributed by atoms with Gasteiger partial charge in [0.1, 0.15) is 29.9 Å². The number of hydrogen-bond donors (Lipinski definition) is 3. The Hall–Kier alpha value is -1.93. The third kappa shape index (κ3) is 3.28. The first-order valence-corrected chi connectivity index (χ1v) is 11.7. The number of nitrogens with one attached hydrogen (secondary N) is 1. The molecule has 3 N–H and O–H groups in total. The molecule has 0 aromatic carbocycles. The molecule has 2 aromatic heterocycles. The SMILES string of the molecule is CC1(C)O[C@@H]2[C@@H](CO)C[C@@H](n3cnc4c(ncn4[C@@H]4O[C@H](CO)[C@H]5OC(C)(C)O[C@H]54)c3=N)[C@@H]2O1. The number of fused-ring (bicyclic) bond motifs is 3. The molecule has 12 heteroatoms. The second-order valence-corrected chi connectivity index (χ2v) is 10.4. The minimum absolute atomic E-state index is 0.0126. The van der Waals surface area contributed by atoms with E-state index >= 15 is 0 Å². The summed E-state index contributed by atoms with van der Waals surface area (Å²) in [5.41, 5.74) is 1.08. The number of hydrogen-bond acceptors (Lipinski definition) is 10. The van der Waals surface area contributed by atoms with E-state index in [-0.39, 0.29) is 42.9 Å². The topological polar surface area (TPSA) is 146 Å². The van der Waals surface area contributed by atoms with Crippen LogP contribution in [0.3, 0.4) is 0 Å². The Morgan fingerprint density at radius 2 is 1.56 bits per heavy atom. The van der Waals surface area contributed by atoms with Crippen molar-refractivity contribution in [1.29, 1.82) is 5.41 Å². The van der Waals surface area contributed by atoms with E-state index in [4.69, 9.17) is 29.1 Å². The fraction of sp³-hybridized carbons (Fsp3) is 0.773. The lowest BCUT2D eigenvalue weighted by Gasteiger charge is -2.25. The number of ether oxygens (including phenoxy) is 5. The molecule has 1 aliphatic carbocycles. The van der Waals surface area contributed by atoms with Crippen LogP contribution in [0.4, 0.5) is 0 Å². The smallest absolute Gasteiger partial charge is 0.167 e. The van der Waals surface area contributed by atoms with E-state index in [9.17, 15) is 10.2 Å². The van der Waals surface area contributed by atoms with Gasteiger partial charge in [0, 0.05) is 12.5 Å². The highest BCUT2D eigenvalue weighted by molar-refractivity contribution is 5.68. The van der Waals surface area contributed by atoms with Crippen molar-refractivity contribution in [1.82, 2.24) is 19.1 Å². The monoisotopic (exact) mass is 477 g/mol. The molecule has 0 amide bonds. The molecule has 0 unspecified atom stereocenters. The van der Waals surface area contributed by atoms with E-state index in [1.165, 1.54) is 0 Å². The zero-order chi connectivity index (χ0) is 24.0. The lowest BCUT2D eigenvalue weighted by molar-refractivity contribution is -0.199. The summed E-state index contributed by atoms with van der Waals surface area (Å²) >= 11 is 0. The molecule has 8 atom stereocenters. The summed E-state index contributed by atoms with van der Waals surface area (Å²) < 4.78 is 33.8. The molecule has 34 heavy (non-hydrogen) atoms. The summed E-state index contributed by atoms with van der Waals surface area (Å²) in [6.07, 6.45) is 1.28. The van der Waals surface area contributed by atoms with Gasteiger partial charge in [-0.25, -0.2) is 9.97 Å². The quantitative estimate of drug-likeness (QED) is 0.562. The summed E-state index contributed by atoms with van der Waals surface area (Å²) in [5, 5.41) is 28.6. The molecule has 5 heterocycles. The van der Waals surface area contributed by atoms with E-state index in [2.05, 4.69) is 9.97 Å². The summed E-state index contributed by atoms with van der Waals surface area (Å²) in [6.45, 7) is 7.16. The Labute approximate surface area is 195 Å². The van der Waals surface area contributed by atoms with Gasteiger partial charge in [-0.05, 0) is 34.1 Å². The Bertz CT molecular complexity index is 1160. The first-order valence-electron chi connectivity index (χ1n) is 11.7. The second-order valence-electron chi connectivity index (χ2n) is 10.4. The maximum atomic E-state index is 9.89. The van der Waals surface area contributed by atoms with Crippen LogP contribution in [0.15, 0.2) is 12.7 Å². The number of aromatic nitrogens is 4. The van der Waals surface area contributed by atoms with E-state index in [1.54, 1.807) is 21.8 Å². The molecule has 3 saturated heterocycles. The highest BCUT2D eigenvalue weighted by Crippen LogP contribution is 2.47. The third-order valence-electron chi connectivity index (χ3n) is 7.28. The van der Waals surface area contributed by atoms with Crippen LogP contribution in [0.1, 0.15) is 46.4 Å². The van der Waals surface area contributed by atoms with Crippen molar-refractivity contribution in [2.45, 2.75) is 88.5 Å². The van der Waals surface area contributed by atoms with Crippen LogP contribution < -0.4 is 5.49 Å². The molecule has 4 aliphatic rings. The minimum Gasteiger partial charge on any atom is -0.396 e. The second kappa shape index (κ2) is 7.53. The maximum Gasteiger partial charge on any atom is 0.167 e. The van der Waals surface area contributed by atoms with Gasteiger partial charge in [0.05, 0.1) is 31.4 Å². The average molecular weight is 478 g/mol. The van der Waals surface area contributed by atoms with Crippen LogP contribution in [0, 0.1) is 11.3 Å². The number of rotatable bonds is 4. The van der Waals surface area contributed by atoms with Gasteiger partial charge in [0.15, 0.2) is 28.9 Å². The fourth-order valence-electron chi connectivity index (χ4n) is 5.92. The van der Waals surface area contributed by atoms with Crippen LogP contribution in [0.5, 0.6) is 0 Å². The molecule has 0 radical (unpaired) electrons. The molecule has 0 spiro atoms. The largest absolute Gasteiger partial charge is 0.396 e. The van der Waals surface area contributed by atoms with Gasteiger partial charge < -0.3 is 38.5 Å². The zero-order valence-electron chi connectivity index (χ0n) is 19.6. The Kier molecular flexibility index (Phi) is 4.99. The minimum atomic E-state index is -0.794. The zero-order valence-corrected chi connectivity index (χ0v) is 19.6. The lowest BCUT2D eigenvalue weighted by Crippen LogP contribution is -2.34. The predicted octanol–water partition coefficient (Wildman–Crippen LogP) is 0.195. The van der Waals surface area contributed by atoms with Crippen molar-refractivity contribution in [3.05, 3.63) is 18.1 Å². The van der Waals surface area contributed by atoms with Gasteiger partial charge in [-0.2, -0.15) is 0 Å². The van der Waals surface area contributed by atoms with E-state index in [0.717, 1.165) is 0 Å². The number of imidazole rings is 1. The standard InChI is InChI=1S/C22H31N5O7/c1-21(2)31-14-10(6-28)5-11(15(14)32-21)26-9-25-19-13(18(26)23)24-8-27(19)20-17-16(12(7-29)30-20)33-22(3,4)34-17/h8-12,14-17,20,23,28-29H,5-7H2,1-4H3/t10-,11-,12-,14-,15+,16-,17-,20-/m1/s1. The number of aliphatic hydroxyl groups is 2. The van der Waals surface area contributed by atoms with E-state index < -0.39 is 36.1 Å². The molecule has 12 nitrogen and oxygen atoms in total. The van der Waals surface area contributed by atoms with Gasteiger partial charge >= 0.3 is 0 Å². The lowest BCUT2D eigenvalue weighted by atomic mass is 10.1. The first kappa shape index (κ1) is 22.5. The third-order valence-corrected chi connectivity index (χ3v) is 7.28. The molecule has 186 valence electrons. The average Bonchev–Trinajstić information content (AvgIpc) is 3.54. The van der Waals surface area contributed by atoms with Crippen molar-refractivity contribution in [3.8, 4) is 0 Å². The van der Waals surface area contributed by atoms with Crippen LogP contribution in [0.25, 0.3) is 11.2 Å². The molecule has 1 saturated carbocycles. The molecule has 4 fully saturated rings. The highest BCUT2D eigenvalue weighted by atomic mass is 16.8. The summed E-state index contributed by atoms with van der Waals surface area (Å²) in [5.74, 6) is -1.63.